The van der Waals surface area contributed by atoms with E-state index in [-0.39, 0.29) is 12.5 Å². The number of benzene rings is 1. The van der Waals surface area contributed by atoms with E-state index in [2.05, 4.69) is 20.4 Å². The number of carbonyl (C=O) groups excluding carboxylic acids is 1. The number of carbonyl (C=O) groups is 1. The zero-order chi connectivity index (χ0) is 15.7. The molecule has 0 atom stereocenters. The molecule has 1 amide bonds. The number of nitrogens with zero attached hydrogens (tertiary/aromatic N) is 5. The van der Waals surface area contributed by atoms with Crippen molar-refractivity contribution >= 4 is 38.5 Å². The number of anilines is 1. The molecular formula is C12H10N6O3S. The molecule has 2 aromatic heterocycles. The van der Waals surface area contributed by atoms with Crippen molar-refractivity contribution in [1.82, 2.24) is 19.7 Å². The van der Waals surface area contributed by atoms with E-state index in [0.717, 1.165) is 26.8 Å². The Kier molecular flexibility index (Phi) is 3.51. The average molecular weight is 318 g/mol. The van der Waals surface area contributed by atoms with Gasteiger partial charge < -0.3 is 15.4 Å². The van der Waals surface area contributed by atoms with E-state index in [9.17, 15) is 14.9 Å². The second-order valence-corrected chi connectivity index (χ2v) is 5.52. The first-order valence-electron chi connectivity index (χ1n) is 6.23. The van der Waals surface area contributed by atoms with Gasteiger partial charge in [0.2, 0.25) is 12.2 Å². The molecule has 0 unspecified atom stereocenters. The van der Waals surface area contributed by atoms with Gasteiger partial charge >= 0.3 is 5.95 Å². The van der Waals surface area contributed by atoms with E-state index >= 15 is 0 Å². The number of para-hydroxylation sites is 1. The molecule has 0 radical (unpaired) electrons. The summed E-state index contributed by atoms with van der Waals surface area (Å²) in [5, 5.41) is 17.2. The molecule has 0 saturated heterocycles. The number of rotatable bonds is 4. The minimum Gasteiger partial charge on any atom is -0.390 e. The Morgan fingerprint density at radius 1 is 1.50 bits per heavy atom. The van der Waals surface area contributed by atoms with E-state index < -0.39 is 10.9 Å². The topological polar surface area (TPSA) is 116 Å². The first-order valence-corrected chi connectivity index (χ1v) is 7.04. The van der Waals surface area contributed by atoms with Crippen molar-refractivity contribution in [1.29, 1.82) is 0 Å². The number of aromatic nitrogens is 4. The molecule has 112 valence electrons. The maximum Gasteiger partial charge on any atom is 0.490 e. The quantitative estimate of drug-likeness (QED) is 0.578. The molecule has 0 aliphatic carbocycles. The third kappa shape index (κ3) is 2.76. The van der Waals surface area contributed by atoms with Crippen LogP contribution in [0, 0.1) is 17.0 Å². The van der Waals surface area contributed by atoms with Crippen molar-refractivity contribution in [3.8, 4) is 0 Å². The molecule has 0 bridgehead atoms. The molecule has 10 heteroatoms. The molecule has 9 nitrogen and oxygen atoms in total. The van der Waals surface area contributed by atoms with E-state index in [0.29, 0.717) is 5.13 Å². The highest BCUT2D eigenvalue weighted by Gasteiger charge is 2.16. The molecule has 1 aromatic carbocycles. The zero-order valence-electron chi connectivity index (χ0n) is 11.4. The van der Waals surface area contributed by atoms with Crippen LogP contribution in [0.15, 0.2) is 24.5 Å². The number of nitrogens with one attached hydrogen (secondary N) is 1. The molecule has 3 rings (SSSR count). The van der Waals surface area contributed by atoms with Crippen LogP contribution in [0.1, 0.15) is 5.56 Å². The molecular weight excluding hydrogens is 308 g/mol. The van der Waals surface area contributed by atoms with Gasteiger partial charge in [-0.3, -0.25) is 4.79 Å². The number of fused-ring (bicyclic) bond motifs is 1. The lowest BCUT2D eigenvalue weighted by atomic mass is 10.2. The van der Waals surface area contributed by atoms with Crippen molar-refractivity contribution in [2.45, 2.75) is 13.5 Å². The molecule has 1 N–H and O–H groups in total. The summed E-state index contributed by atoms with van der Waals surface area (Å²) in [4.78, 5) is 29.5. The second-order valence-electron chi connectivity index (χ2n) is 4.49. The van der Waals surface area contributed by atoms with Crippen LogP contribution in [0.4, 0.5) is 11.1 Å². The first-order chi connectivity index (χ1) is 10.5. The Morgan fingerprint density at radius 2 is 2.32 bits per heavy atom. The lowest BCUT2D eigenvalue weighted by Gasteiger charge is -1.98. The minimum absolute atomic E-state index is 0.171. The third-order valence-electron chi connectivity index (χ3n) is 2.86. The molecule has 3 aromatic rings. The van der Waals surface area contributed by atoms with Crippen LogP contribution >= 0.6 is 11.3 Å². The standard InChI is InChI=1S/C12H10N6O3S/c1-7-3-2-4-8-10(7)15-12(22-8)14-9(19)5-17-6-13-11(16-17)18(20)21/h2-4,6H,5H2,1H3,(H,14,15,19). The summed E-state index contributed by atoms with van der Waals surface area (Å²) in [5.41, 5.74) is 1.88. The lowest BCUT2D eigenvalue weighted by Crippen LogP contribution is -2.19. The lowest BCUT2D eigenvalue weighted by molar-refractivity contribution is -0.394. The van der Waals surface area contributed by atoms with Crippen LogP contribution in [-0.4, -0.2) is 30.6 Å². The van der Waals surface area contributed by atoms with Crippen LogP contribution in [0.2, 0.25) is 0 Å². The molecule has 0 aliphatic heterocycles. The predicted octanol–water partition coefficient (Wildman–Crippen LogP) is 1.74. The molecule has 0 saturated carbocycles. The Labute approximate surface area is 127 Å². The van der Waals surface area contributed by atoms with Gasteiger partial charge in [0, 0.05) is 5.10 Å². The van der Waals surface area contributed by atoms with Gasteiger partial charge in [-0.05, 0) is 23.5 Å². The maximum atomic E-state index is 11.9. The number of nitro groups is 1. The Morgan fingerprint density at radius 3 is 3.00 bits per heavy atom. The largest absolute Gasteiger partial charge is 0.490 e. The summed E-state index contributed by atoms with van der Waals surface area (Å²) in [5.74, 6) is -0.917. The monoisotopic (exact) mass is 318 g/mol. The smallest absolute Gasteiger partial charge is 0.390 e. The van der Waals surface area contributed by atoms with E-state index in [1.165, 1.54) is 11.3 Å². The minimum atomic E-state index is -0.718. The summed E-state index contributed by atoms with van der Waals surface area (Å²) in [6.07, 6.45) is 1.14. The SMILES string of the molecule is Cc1cccc2sc(NC(=O)Cn3cnc([N+](=O)[O-])n3)nc12. The van der Waals surface area contributed by atoms with Crippen molar-refractivity contribution < 1.29 is 9.72 Å². The number of amides is 1. The highest BCUT2D eigenvalue weighted by Crippen LogP contribution is 2.27. The Balaban J connectivity index is 1.72. The normalized spacial score (nSPS) is 10.8. The van der Waals surface area contributed by atoms with Crippen molar-refractivity contribution in [2.24, 2.45) is 0 Å². The van der Waals surface area contributed by atoms with Gasteiger partial charge in [-0.25, -0.2) is 4.98 Å². The highest BCUT2D eigenvalue weighted by molar-refractivity contribution is 7.22. The van der Waals surface area contributed by atoms with E-state index in [4.69, 9.17) is 0 Å². The summed E-state index contributed by atoms with van der Waals surface area (Å²) >= 11 is 1.36. The zero-order valence-corrected chi connectivity index (χ0v) is 12.2. The number of aryl methyl sites for hydroxylation is 1. The second kappa shape index (κ2) is 5.48. The van der Waals surface area contributed by atoms with Gasteiger partial charge in [0.25, 0.3) is 0 Å². The summed E-state index contributed by atoms with van der Waals surface area (Å²) in [6.45, 7) is 1.78. The predicted molar refractivity (Wildman–Crippen MR) is 79.7 cm³/mol. The fraction of sp³-hybridized carbons (Fsp3) is 0.167. The fourth-order valence-corrected chi connectivity index (χ4v) is 2.85. The van der Waals surface area contributed by atoms with Gasteiger partial charge in [0.15, 0.2) is 5.13 Å². The van der Waals surface area contributed by atoms with Crippen molar-refractivity contribution in [2.75, 3.05) is 5.32 Å². The molecule has 0 spiro atoms. The highest BCUT2D eigenvalue weighted by atomic mass is 32.1. The van der Waals surface area contributed by atoms with Crippen LogP contribution < -0.4 is 5.32 Å². The first kappa shape index (κ1) is 14.1. The fourth-order valence-electron chi connectivity index (χ4n) is 1.89. The Hall–Kier alpha value is -2.88. The van der Waals surface area contributed by atoms with E-state index in [1.54, 1.807) is 0 Å². The van der Waals surface area contributed by atoms with Crippen LogP contribution in [0.3, 0.4) is 0 Å². The van der Waals surface area contributed by atoms with Gasteiger partial charge in [-0.1, -0.05) is 28.5 Å². The van der Waals surface area contributed by atoms with Gasteiger partial charge in [0.1, 0.15) is 6.54 Å². The average Bonchev–Trinajstić information content (AvgIpc) is 3.06. The maximum absolute atomic E-state index is 11.9. The van der Waals surface area contributed by atoms with Gasteiger partial charge in [0.05, 0.1) is 10.2 Å². The summed E-state index contributed by atoms with van der Waals surface area (Å²) < 4.78 is 2.08. The van der Waals surface area contributed by atoms with Crippen molar-refractivity contribution in [3.05, 3.63) is 40.2 Å². The summed E-state index contributed by atoms with van der Waals surface area (Å²) in [6, 6.07) is 5.80. The van der Waals surface area contributed by atoms with E-state index in [1.807, 2.05) is 25.1 Å². The number of hydrogen-bond donors (Lipinski definition) is 1. The number of thiazole rings is 1. The molecule has 22 heavy (non-hydrogen) atoms. The van der Waals surface area contributed by atoms with Gasteiger partial charge in [-0.2, -0.15) is 4.68 Å². The molecule has 0 fully saturated rings. The van der Waals surface area contributed by atoms with Crippen molar-refractivity contribution in [3.63, 3.8) is 0 Å². The third-order valence-corrected chi connectivity index (χ3v) is 3.80. The van der Waals surface area contributed by atoms with Crippen LogP contribution in [0.25, 0.3) is 10.2 Å². The number of hydrogen-bond acceptors (Lipinski definition) is 7. The Bertz CT molecular complexity index is 871. The summed E-state index contributed by atoms with van der Waals surface area (Å²) in [7, 11) is 0. The van der Waals surface area contributed by atoms with Crippen LogP contribution in [0.5, 0.6) is 0 Å². The molecule has 0 aliphatic rings. The van der Waals surface area contributed by atoms with Gasteiger partial charge in [-0.15, -0.1) is 0 Å². The molecule has 2 heterocycles. The van der Waals surface area contributed by atoms with Crippen LogP contribution in [-0.2, 0) is 11.3 Å².